The van der Waals surface area contributed by atoms with Crippen LogP contribution in [0.5, 0.6) is 5.75 Å². The minimum atomic E-state index is -0.425. The highest BCUT2D eigenvalue weighted by molar-refractivity contribution is 7.12. The third kappa shape index (κ3) is 4.52. The van der Waals surface area contributed by atoms with E-state index in [2.05, 4.69) is 19.1 Å². The average molecular weight is 425 g/mol. The first-order chi connectivity index (χ1) is 14.6. The van der Waals surface area contributed by atoms with Crippen LogP contribution in [-0.4, -0.2) is 16.8 Å². The molecule has 2 N–H and O–H groups in total. The van der Waals surface area contributed by atoms with Gasteiger partial charge in [-0.05, 0) is 49.3 Å². The van der Waals surface area contributed by atoms with Crippen LogP contribution in [0.3, 0.4) is 0 Å². The topological polar surface area (TPSA) is 70.7 Å². The van der Waals surface area contributed by atoms with E-state index in [1.807, 2.05) is 30.3 Å². The molecule has 3 aromatic rings. The van der Waals surface area contributed by atoms with Gasteiger partial charge < -0.3 is 14.6 Å². The van der Waals surface area contributed by atoms with Crippen molar-refractivity contribution in [1.82, 2.24) is 0 Å². The Hall–Kier alpha value is -2.37. The van der Waals surface area contributed by atoms with Gasteiger partial charge in [0, 0.05) is 40.7 Å². The number of rotatable bonds is 9. The molecule has 0 spiro atoms. The zero-order chi connectivity index (χ0) is 21.1. The highest BCUT2D eigenvalue weighted by atomic mass is 32.1. The molecule has 158 valence electrons. The number of aromatic hydroxyl groups is 1. The molecule has 0 unspecified atom stereocenters. The van der Waals surface area contributed by atoms with Crippen LogP contribution in [-0.2, 0) is 12.8 Å². The molecular formula is C25H28O4S. The van der Waals surface area contributed by atoms with Crippen molar-refractivity contribution in [3.63, 3.8) is 0 Å². The van der Waals surface area contributed by atoms with Gasteiger partial charge in [-0.2, -0.15) is 0 Å². The van der Waals surface area contributed by atoms with Crippen LogP contribution < -0.4 is 5.63 Å². The fourth-order valence-electron chi connectivity index (χ4n) is 4.19. The summed E-state index contributed by atoms with van der Waals surface area (Å²) in [5, 5.41) is 20.1. The molecule has 4 nitrogen and oxygen atoms in total. The summed E-state index contributed by atoms with van der Waals surface area (Å²) < 4.78 is 5.80. The Bertz CT molecular complexity index is 1030. The van der Waals surface area contributed by atoms with Crippen molar-refractivity contribution in [2.24, 2.45) is 5.92 Å². The number of hydrogen-bond acceptors (Lipinski definition) is 5. The molecule has 0 bridgehead atoms. The Morgan fingerprint density at radius 1 is 1.17 bits per heavy atom. The summed E-state index contributed by atoms with van der Waals surface area (Å²) in [6.07, 6.45) is 4.28. The molecule has 5 heteroatoms. The largest absolute Gasteiger partial charge is 0.507 e. The summed E-state index contributed by atoms with van der Waals surface area (Å²) in [4.78, 5) is 15.2. The van der Waals surface area contributed by atoms with Crippen LogP contribution in [0.25, 0.3) is 0 Å². The lowest BCUT2D eigenvalue weighted by Crippen LogP contribution is -2.17. The number of aliphatic hydroxyl groups is 1. The van der Waals surface area contributed by atoms with E-state index in [4.69, 9.17) is 4.42 Å². The molecule has 0 aliphatic heterocycles. The second kappa shape index (κ2) is 9.19. The summed E-state index contributed by atoms with van der Waals surface area (Å²) in [7, 11) is 0. The summed E-state index contributed by atoms with van der Waals surface area (Å²) in [5.74, 6) is 0.854. The zero-order valence-electron chi connectivity index (χ0n) is 17.2. The van der Waals surface area contributed by atoms with E-state index in [1.165, 1.54) is 5.56 Å². The van der Waals surface area contributed by atoms with E-state index in [9.17, 15) is 15.0 Å². The first kappa shape index (κ1) is 20.9. The molecule has 1 aliphatic rings. The van der Waals surface area contributed by atoms with E-state index in [0.717, 1.165) is 35.4 Å². The maximum atomic E-state index is 13.1. The third-order valence-electron chi connectivity index (χ3n) is 5.96. The van der Waals surface area contributed by atoms with Crippen LogP contribution in [0.1, 0.15) is 64.7 Å². The van der Waals surface area contributed by atoms with E-state index < -0.39 is 5.63 Å². The van der Waals surface area contributed by atoms with Crippen molar-refractivity contribution in [1.29, 1.82) is 0 Å². The predicted molar refractivity (Wildman–Crippen MR) is 119 cm³/mol. The third-order valence-corrected chi connectivity index (χ3v) is 7.19. The van der Waals surface area contributed by atoms with Crippen molar-refractivity contribution < 1.29 is 14.6 Å². The van der Waals surface area contributed by atoms with Crippen molar-refractivity contribution in [2.75, 3.05) is 6.61 Å². The van der Waals surface area contributed by atoms with Gasteiger partial charge in [0.2, 0.25) is 0 Å². The van der Waals surface area contributed by atoms with Gasteiger partial charge in [0.1, 0.15) is 11.5 Å². The van der Waals surface area contributed by atoms with E-state index in [1.54, 1.807) is 17.4 Å². The van der Waals surface area contributed by atoms with E-state index in [0.29, 0.717) is 23.7 Å². The molecule has 0 amide bonds. The molecule has 0 radical (unpaired) electrons. The van der Waals surface area contributed by atoms with Gasteiger partial charge in [0.15, 0.2) is 0 Å². The maximum absolute atomic E-state index is 13.1. The molecule has 1 aromatic carbocycles. The fourth-order valence-corrected chi connectivity index (χ4v) is 5.39. The lowest BCUT2D eigenvalue weighted by Gasteiger charge is -2.18. The van der Waals surface area contributed by atoms with Crippen LogP contribution in [0.15, 0.2) is 57.7 Å². The normalized spacial score (nSPS) is 15.8. The highest BCUT2D eigenvalue weighted by Gasteiger charge is 2.38. The SMILES string of the molecule is CC[C@H](Cc1ccccc1)c1cc(O)c([C@@H](c2ccc(CCO)s2)C2CC2)c(=O)o1. The van der Waals surface area contributed by atoms with Gasteiger partial charge in [-0.3, -0.25) is 0 Å². The predicted octanol–water partition coefficient (Wildman–Crippen LogP) is 5.22. The van der Waals surface area contributed by atoms with Crippen LogP contribution in [0.4, 0.5) is 0 Å². The Kier molecular flexibility index (Phi) is 6.40. The van der Waals surface area contributed by atoms with Crippen molar-refractivity contribution in [3.05, 3.63) is 85.6 Å². The quantitative estimate of drug-likeness (QED) is 0.494. The smallest absolute Gasteiger partial charge is 0.343 e. The van der Waals surface area contributed by atoms with Crippen molar-refractivity contribution in [2.45, 2.75) is 50.9 Å². The minimum absolute atomic E-state index is 0.0392. The van der Waals surface area contributed by atoms with Gasteiger partial charge in [-0.25, -0.2) is 4.79 Å². The molecular weight excluding hydrogens is 396 g/mol. The average Bonchev–Trinajstić information content (AvgIpc) is 3.48. The maximum Gasteiger partial charge on any atom is 0.343 e. The molecule has 30 heavy (non-hydrogen) atoms. The van der Waals surface area contributed by atoms with Gasteiger partial charge in [0.05, 0.1) is 5.56 Å². The lowest BCUT2D eigenvalue weighted by molar-refractivity contribution is 0.300. The summed E-state index contributed by atoms with van der Waals surface area (Å²) in [5.41, 5.74) is 1.14. The summed E-state index contributed by atoms with van der Waals surface area (Å²) in [6.45, 7) is 2.18. The second-order valence-corrected chi connectivity index (χ2v) is 9.32. The monoisotopic (exact) mass is 424 g/mol. The van der Waals surface area contributed by atoms with Gasteiger partial charge in [-0.1, -0.05) is 37.3 Å². The number of benzene rings is 1. The molecule has 1 aliphatic carbocycles. The minimum Gasteiger partial charge on any atom is -0.507 e. The fraction of sp³-hybridized carbons (Fsp3) is 0.400. The van der Waals surface area contributed by atoms with Crippen molar-refractivity contribution >= 4 is 11.3 Å². The van der Waals surface area contributed by atoms with Crippen LogP contribution in [0, 0.1) is 5.92 Å². The van der Waals surface area contributed by atoms with Gasteiger partial charge in [-0.15, -0.1) is 11.3 Å². The number of aliphatic hydroxyl groups excluding tert-OH is 1. The highest BCUT2D eigenvalue weighted by Crippen LogP contribution is 2.49. The molecule has 0 saturated heterocycles. The van der Waals surface area contributed by atoms with E-state index in [-0.39, 0.29) is 24.2 Å². The molecule has 2 heterocycles. The lowest BCUT2D eigenvalue weighted by atomic mass is 9.90. The van der Waals surface area contributed by atoms with Gasteiger partial charge >= 0.3 is 5.63 Å². The van der Waals surface area contributed by atoms with Crippen molar-refractivity contribution in [3.8, 4) is 5.75 Å². The Labute approximate surface area is 180 Å². The van der Waals surface area contributed by atoms with E-state index >= 15 is 0 Å². The first-order valence-electron chi connectivity index (χ1n) is 10.7. The molecule has 2 aromatic heterocycles. The van der Waals surface area contributed by atoms with Crippen LogP contribution >= 0.6 is 11.3 Å². The Morgan fingerprint density at radius 2 is 1.93 bits per heavy atom. The molecule has 4 rings (SSSR count). The molecule has 1 saturated carbocycles. The zero-order valence-corrected chi connectivity index (χ0v) is 18.0. The van der Waals surface area contributed by atoms with Gasteiger partial charge in [0.25, 0.3) is 0 Å². The van der Waals surface area contributed by atoms with Crippen LogP contribution in [0.2, 0.25) is 0 Å². The summed E-state index contributed by atoms with van der Waals surface area (Å²) >= 11 is 1.61. The Balaban J connectivity index is 1.66. The molecule has 1 fully saturated rings. The molecule has 2 atom stereocenters. The second-order valence-electron chi connectivity index (χ2n) is 8.12. The Morgan fingerprint density at radius 3 is 2.57 bits per heavy atom. The summed E-state index contributed by atoms with van der Waals surface area (Å²) in [6, 6.07) is 15.8. The number of hydrogen-bond donors (Lipinski definition) is 2. The first-order valence-corrected chi connectivity index (χ1v) is 11.5. The number of thiophene rings is 1. The standard InChI is InChI=1S/C25H28O4S/c1-2-17(14-16-6-4-3-5-7-16)21-15-20(27)24(25(28)29-21)23(18-8-9-18)22-11-10-19(30-22)12-13-26/h3-7,10-11,15,17-18,23,26-27H,2,8-9,12-14H2,1H3/t17-,23-/m1/s1.